The van der Waals surface area contributed by atoms with Crippen LogP contribution in [-0.2, 0) is 0 Å². The first-order valence-corrected chi connectivity index (χ1v) is 7.02. The first-order valence-electron chi connectivity index (χ1n) is 7.02. The number of aryl methyl sites for hydroxylation is 1. The molecule has 0 aliphatic rings. The van der Waals surface area contributed by atoms with E-state index in [4.69, 9.17) is 9.84 Å². The molecule has 0 aliphatic heterocycles. The lowest BCUT2D eigenvalue weighted by Gasteiger charge is -2.13. The first kappa shape index (κ1) is 14.1. The maximum absolute atomic E-state index is 11.1. The van der Waals surface area contributed by atoms with Crippen LogP contribution in [0.1, 0.15) is 15.9 Å². The summed E-state index contributed by atoms with van der Waals surface area (Å²) in [5.41, 5.74) is 3.36. The van der Waals surface area contributed by atoms with Gasteiger partial charge < -0.3 is 9.84 Å². The van der Waals surface area contributed by atoms with Gasteiger partial charge in [0.2, 0.25) is 0 Å². The summed E-state index contributed by atoms with van der Waals surface area (Å²) in [7, 11) is 1.56. The fourth-order valence-corrected chi connectivity index (χ4v) is 2.73. The number of carboxylic acid groups (broad SMARTS) is 1. The number of aromatic carboxylic acids is 1. The summed E-state index contributed by atoms with van der Waals surface area (Å²) >= 11 is 0. The molecule has 3 nitrogen and oxygen atoms in total. The van der Waals surface area contributed by atoms with Crippen molar-refractivity contribution < 1.29 is 14.6 Å². The van der Waals surface area contributed by atoms with E-state index in [0.29, 0.717) is 5.75 Å². The van der Waals surface area contributed by atoms with Crippen molar-refractivity contribution in [1.82, 2.24) is 0 Å². The molecule has 0 spiro atoms. The largest absolute Gasteiger partial charge is 0.496 e. The Balaban J connectivity index is 2.28. The molecule has 0 unspecified atom stereocenters. The Hall–Kier alpha value is -2.81. The lowest BCUT2D eigenvalue weighted by atomic mass is 9.94. The van der Waals surface area contributed by atoms with Crippen molar-refractivity contribution in [2.45, 2.75) is 6.92 Å². The number of carbonyl (C=O) groups is 1. The molecule has 1 N–H and O–H groups in total. The molecule has 0 fully saturated rings. The second-order valence-corrected chi connectivity index (χ2v) is 5.20. The maximum Gasteiger partial charge on any atom is 0.335 e. The van der Waals surface area contributed by atoms with E-state index in [1.807, 2.05) is 12.1 Å². The zero-order valence-electron chi connectivity index (χ0n) is 12.5. The van der Waals surface area contributed by atoms with E-state index >= 15 is 0 Å². The van der Waals surface area contributed by atoms with Crippen molar-refractivity contribution >= 4 is 16.7 Å². The number of benzene rings is 3. The Morgan fingerprint density at radius 1 is 0.955 bits per heavy atom. The molecule has 3 aromatic carbocycles. The van der Waals surface area contributed by atoms with E-state index in [1.165, 1.54) is 10.9 Å². The van der Waals surface area contributed by atoms with E-state index in [9.17, 15) is 4.79 Å². The minimum Gasteiger partial charge on any atom is -0.496 e. The van der Waals surface area contributed by atoms with Crippen molar-refractivity contribution in [1.29, 1.82) is 0 Å². The fraction of sp³-hybridized carbons (Fsp3) is 0.105. The van der Waals surface area contributed by atoms with Crippen LogP contribution in [0.15, 0.2) is 54.6 Å². The summed E-state index contributed by atoms with van der Waals surface area (Å²) in [5.74, 6) is -0.396. The number of carboxylic acids is 1. The third-order valence-electron chi connectivity index (χ3n) is 3.88. The summed E-state index contributed by atoms with van der Waals surface area (Å²) in [6, 6.07) is 17.3. The van der Waals surface area contributed by atoms with Gasteiger partial charge in [0, 0.05) is 5.56 Å². The van der Waals surface area contributed by atoms with Crippen LogP contribution in [0, 0.1) is 6.92 Å². The van der Waals surface area contributed by atoms with Gasteiger partial charge in [-0.15, -0.1) is 0 Å². The molecule has 0 radical (unpaired) electrons. The quantitative estimate of drug-likeness (QED) is 0.772. The van der Waals surface area contributed by atoms with Crippen LogP contribution in [0.4, 0.5) is 0 Å². The molecule has 3 heteroatoms. The third-order valence-corrected chi connectivity index (χ3v) is 3.88. The second-order valence-electron chi connectivity index (χ2n) is 5.20. The smallest absolute Gasteiger partial charge is 0.335 e. The Bertz CT molecular complexity index is 866. The molecule has 22 heavy (non-hydrogen) atoms. The van der Waals surface area contributed by atoms with E-state index in [1.54, 1.807) is 25.3 Å². The van der Waals surface area contributed by atoms with Gasteiger partial charge in [0.25, 0.3) is 0 Å². The van der Waals surface area contributed by atoms with Gasteiger partial charge in [0.15, 0.2) is 0 Å². The number of fused-ring (bicyclic) bond motifs is 1. The molecular formula is C19H16O3. The fourth-order valence-electron chi connectivity index (χ4n) is 2.73. The molecule has 3 rings (SSSR count). The Labute approximate surface area is 128 Å². The van der Waals surface area contributed by atoms with Crippen molar-refractivity contribution in [3.63, 3.8) is 0 Å². The lowest BCUT2D eigenvalue weighted by Crippen LogP contribution is -1.98. The summed E-state index contributed by atoms with van der Waals surface area (Å²) in [6.45, 7) is 2.08. The predicted octanol–water partition coefficient (Wildman–Crippen LogP) is 4.52. The molecule has 0 amide bonds. The number of hydrogen-bond acceptors (Lipinski definition) is 2. The van der Waals surface area contributed by atoms with Gasteiger partial charge in [-0.2, -0.15) is 0 Å². The second kappa shape index (κ2) is 5.53. The minimum absolute atomic E-state index is 0.219. The SMILES string of the molecule is COc1cc(C(=O)O)ccc1-c1ccc(C)c2ccccc12. The third kappa shape index (κ3) is 2.31. The highest BCUT2D eigenvalue weighted by Crippen LogP contribution is 2.36. The molecule has 0 heterocycles. The van der Waals surface area contributed by atoms with Gasteiger partial charge in [-0.25, -0.2) is 4.79 Å². The van der Waals surface area contributed by atoms with Gasteiger partial charge in [-0.3, -0.25) is 0 Å². The van der Waals surface area contributed by atoms with Crippen LogP contribution in [0.2, 0.25) is 0 Å². The van der Waals surface area contributed by atoms with Gasteiger partial charge in [0.1, 0.15) is 5.75 Å². The predicted molar refractivity (Wildman–Crippen MR) is 87.6 cm³/mol. The molecule has 0 aliphatic carbocycles. The van der Waals surface area contributed by atoms with Gasteiger partial charge in [0.05, 0.1) is 12.7 Å². The normalized spacial score (nSPS) is 10.6. The monoisotopic (exact) mass is 292 g/mol. The van der Waals surface area contributed by atoms with E-state index in [0.717, 1.165) is 16.5 Å². The molecule has 110 valence electrons. The van der Waals surface area contributed by atoms with E-state index < -0.39 is 5.97 Å². The molecule has 0 bridgehead atoms. The summed E-state index contributed by atoms with van der Waals surface area (Å²) < 4.78 is 5.41. The lowest BCUT2D eigenvalue weighted by molar-refractivity contribution is 0.0696. The number of rotatable bonds is 3. The van der Waals surface area contributed by atoms with Crippen molar-refractivity contribution in [3.05, 3.63) is 65.7 Å². The summed E-state index contributed by atoms with van der Waals surface area (Å²) in [6.07, 6.45) is 0. The average Bonchev–Trinajstić information content (AvgIpc) is 2.55. The highest BCUT2D eigenvalue weighted by molar-refractivity contribution is 6.00. The van der Waals surface area contributed by atoms with E-state index in [-0.39, 0.29) is 5.56 Å². The van der Waals surface area contributed by atoms with Crippen LogP contribution in [0.3, 0.4) is 0 Å². The minimum atomic E-state index is -0.960. The Morgan fingerprint density at radius 2 is 1.64 bits per heavy atom. The van der Waals surface area contributed by atoms with Crippen LogP contribution >= 0.6 is 0 Å². The highest BCUT2D eigenvalue weighted by atomic mass is 16.5. The topological polar surface area (TPSA) is 46.5 Å². The van der Waals surface area contributed by atoms with Crippen LogP contribution in [0.25, 0.3) is 21.9 Å². The Morgan fingerprint density at radius 3 is 2.32 bits per heavy atom. The molecule has 0 saturated heterocycles. The van der Waals surface area contributed by atoms with Gasteiger partial charge in [-0.1, -0.05) is 36.4 Å². The maximum atomic E-state index is 11.1. The van der Waals surface area contributed by atoms with Crippen molar-refractivity contribution in [2.24, 2.45) is 0 Å². The van der Waals surface area contributed by atoms with Gasteiger partial charge >= 0.3 is 5.97 Å². The van der Waals surface area contributed by atoms with Crippen LogP contribution in [-0.4, -0.2) is 18.2 Å². The van der Waals surface area contributed by atoms with Crippen molar-refractivity contribution in [3.8, 4) is 16.9 Å². The first-order chi connectivity index (χ1) is 10.6. The molecule has 0 saturated carbocycles. The highest BCUT2D eigenvalue weighted by Gasteiger charge is 2.13. The Kier molecular flexibility index (Phi) is 3.55. The van der Waals surface area contributed by atoms with Crippen molar-refractivity contribution in [2.75, 3.05) is 7.11 Å². The number of ether oxygens (including phenoxy) is 1. The molecule has 0 atom stereocenters. The number of methoxy groups -OCH3 is 1. The molecule has 3 aromatic rings. The van der Waals surface area contributed by atoms with Crippen LogP contribution < -0.4 is 4.74 Å². The molecule has 0 aromatic heterocycles. The van der Waals surface area contributed by atoms with Gasteiger partial charge in [-0.05, 0) is 47.0 Å². The zero-order chi connectivity index (χ0) is 15.7. The standard InChI is InChI=1S/C19H16O3/c1-12-7-9-16(15-6-4-3-5-14(12)15)17-10-8-13(19(20)21)11-18(17)22-2/h3-11H,1-2H3,(H,20,21). The average molecular weight is 292 g/mol. The zero-order valence-corrected chi connectivity index (χ0v) is 12.5. The molecular weight excluding hydrogens is 276 g/mol. The van der Waals surface area contributed by atoms with Crippen LogP contribution in [0.5, 0.6) is 5.75 Å². The van der Waals surface area contributed by atoms with E-state index in [2.05, 4.69) is 31.2 Å². The number of hydrogen-bond donors (Lipinski definition) is 1. The summed E-state index contributed by atoms with van der Waals surface area (Å²) in [4.78, 5) is 11.1. The summed E-state index contributed by atoms with van der Waals surface area (Å²) in [5, 5.41) is 11.4.